The van der Waals surface area contributed by atoms with Crippen molar-refractivity contribution in [1.29, 1.82) is 0 Å². The number of aryl methyl sites for hydroxylation is 1. The molecule has 0 aliphatic carbocycles. The minimum absolute atomic E-state index is 0.0763. The van der Waals surface area contributed by atoms with Crippen LogP contribution in [0, 0.1) is 17.5 Å². The van der Waals surface area contributed by atoms with Crippen LogP contribution in [0.4, 0.5) is 18.9 Å². The van der Waals surface area contributed by atoms with Crippen LogP contribution in [-0.2, 0) is 29.4 Å². The fourth-order valence-corrected chi connectivity index (χ4v) is 7.16. The first-order valence-corrected chi connectivity index (χ1v) is 17.2. The predicted octanol–water partition coefficient (Wildman–Crippen LogP) is 5.70. The molecule has 5 rings (SSSR count). The van der Waals surface area contributed by atoms with Crippen molar-refractivity contribution in [2.45, 2.75) is 43.7 Å². The summed E-state index contributed by atoms with van der Waals surface area (Å²) in [6.07, 6.45) is 1.65. The summed E-state index contributed by atoms with van der Waals surface area (Å²) in [5.74, 6) is -2.12. The fraction of sp³-hybridized carbons (Fsp3) is 0.306. The van der Waals surface area contributed by atoms with E-state index in [1.54, 1.807) is 12.1 Å². The number of hydrogen-bond donors (Lipinski definition) is 2. The summed E-state index contributed by atoms with van der Waals surface area (Å²) < 4.78 is 69.3. The van der Waals surface area contributed by atoms with Crippen molar-refractivity contribution in [2.75, 3.05) is 37.6 Å². The smallest absolute Gasteiger partial charge is 0.251 e. The first-order valence-electron chi connectivity index (χ1n) is 15.8. The Balaban J connectivity index is 1.20. The number of benzene rings is 4. The lowest BCUT2D eigenvalue weighted by atomic mass is 10.0. The van der Waals surface area contributed by atoms with E-state index < -0.39 is 33.6 Å². The summed E-state index contributed by atoms with van der Waals surface area (Å²) in [6, 6.07) is 23.0. The fourth-order valence-electron chi connectivity index (χ4n) is 5.74. The Hall–Kier alpha value is -4.19. The van der Waals surface area contributed by atoms with Crippen molar-refractivity contribution in [2.24, 2.45) is 0 Å². The van der Waals surface area contributed by atoms with Crippen molar-refractivity contribution in [1.82, 2.24) is 14.9 Å². The molecule has 1 saturated heterocycles. The van der Waals surface area contributed by atoms with Crippen molar-refractivity contribution in [3.8, 4) is 0 Å². The van der Waals surface area contributed by atoms with Gasteiger partial charge in [-0.3, -0.25) is 4.79 Å². The van der Waals surface area contributed by atoms with Gasteiger partial charge in [0.25, 0.3) is 5.91 Å². The molecule has 7 nitrogen and oxygen atoms in total. The summed E-state index contributed by atoms with van der Waals surface area (Å²) in [5.41, 5.74) is 3.90. The van der Waals surface area contributed by atoms with Crippen LogP contribution in [0.25, 0.3) is 0 Å². The number of nitrogens with zero attached hydrogens (tertiary/aromatic N) is 2. The molecule has 1 amide bonds. The van der Waals surface area contributed by atoms with Crippen molar-refractivity contribution in [3.05, 3.63) is 131 Å². The number of piperazine rings is 1. The third kappa shape index (κ3) is 9.21. The summed E-state index contributed by atoms with van der Waals surface area (Å²) in [7, 11) is -3.80. The molecule has 0 unspecified atom stereocenters. The number of halogens is 3. The molecule has 0 saturated carbocycles. The Kier molecular flexibility index (Phi) is 11.3. The second-order valence-electron chi connectivity index (χ2n) is 11.7. The molecule has 0 spiro atoms. The van der Waals surface area contributed by atoms with Crippen LogP contribution in [0.5, 0.6) is 0 Å². The number of carbonyl (C=O) groups excluding carboxylic acids is 1. The maximum Gasteiger partial charge on any atom is 0.251 e. The summed E-state index contributed by atoms with van der Waals surface area (Å²) >= 11 is 0. The van der Waals surface area contributed by atoms with E-state index in [2.05, 4.69) is 29.7 Å². The standard InChI is InChI=1S/C36H39F3N4O3S/c1-2-26-4-3-5-27(20-26)25-40-15-14-33(23-28-21-31(38)24-32(39)22-28)41-36(44)29-6-12-35(13-7-29)47(45,46)43-18-16-42(17-19-43)34-10-8-30(37)9-11-34/h3-13,20-22,24,33,40H,2,14-19,23,25H2,1H3,(H,41,44)/t33-/m1/s1. The minimum atomic E-state index is -3.80. The molecular weight excluding hydrogens is 625 g/mol. The molecule has 11 heteroatoms. The third-order valence-corrected chi connectivity index (χ3v) is 10.2. The van der Waals surface area contributed by atoms with Gasteiger partial charge in [0.05, 0.1) is 4.90 Å². The Labute approximate surface area is 274 Å². The zero-order valence-electron chi connectivity index (χ0n) is 26.3. The molecule has 1 atom stereocenters. The van der Waals surface area contributed by atoms with Gasteiger partial charge in [-0.1, -0.05) is 31.2 Å². The van der Waals surface area contributed by atoms with Gasteiger partial charge < -0.3 is 15.5 Å². The Morgan fingerprint density at radius 1 is 0.787 bits per heavy atom. The van der Waals surface area contributed by atoms with E-state index in [0.29, 0.717) is 38.2 Å². The molecule has 248 valence electrons. The second kappa shape index (κ2) is 15.6. The summed E-state index contributed by atoms with van der Waals surface area (Å²) in [6.45, 7) is 4.74. The Morgan fingerprint density at radius 3 is 2.11 bits per heavy atom. The highest BCUT2D eigenvalue weighted by molar-refractivity contribution is 7.89. The van der Waals surface area contributed by atoms with Crippen molar-refractivity contribution >= 4 is 21.6 Å². The normalized spacial score (nSPS) is 14.6. The van der Waals surface area contributed by atoms with E-state index in [0.717, 1.165) is 23.7 Å². The van der Waals surface area contributed by atoms with Crippen LogP contribution in [-0.4, -0.2) is 57.4 Å². The van der Waals surface area contributed by atoms with Crippen LogP contribution in [0.3, 0.4) is 0 Å². The zero-order valence-corrected chi connectivity index (χ0v) is 27.1. The predicted molar refractivity (Wildman–Crippen MR) is 177 cm³/mol. The number of hydrogen-bond acceptors (Lipinski definition) is 5. The molecule has 1 aliphatic heterocycles. The highest BCUT2D eigenvalue weighted by atomic mass is 32.2. The Bertz CT molecular complexity index is 1740. The van der Waals surface area contributed by atoms with Gasteiger partial charge in [-0.2, -0.15) is 4.31 Å². The van der Waals surface area contributed by atoms with E-state index in [1.807, 2.05) is 17.0 Å². The molecule has 0 bridgehead atoms. The lowest BCUT2D eigenvalue weighted by molar-refractivity contribution is 0.0934. The lowest BCUT2D eigenvalue weighted by Crippen LogP contribution is -2.48. The van der Waals surface area contributed by atoms with Gasteiger partial charge in [0, 0.05) is 56.1 Å². The highest BCUT2D eigenvalue weighted by Gasteiger charge is 2.29. The van der Waals surface area contributed by atoms with Crippen molar-refractivity contribution < 1.29 is 26.4 Å². The van der Waals surface area contributed by atoms with Gasteiger partial charge in [-0.25, -0.2) is 21.6 Å². The van der Waals surface area contributed by atoms with E-state index >= 15 is 0 Å². The molecular formula is C36H39F3N4O3S. The number of anilines is 1. The first kappa shape index (κ1) is 34.2. The molecule has 0 radical (unpaired) electrons. The average molecular weight is 665 g/mol. The largest absolute Gasteiger partial charge is 0.369 e. The Morgan fingerprint density at radius 2 is 1.45 bits per heavy atom. The van der Waals surface area contributed by atoms with E-state index in [1.165, 1.54) is 58.4 Å². The summed E-state index contributed by atoms with van der Waals surface area (Å²) in [4.78, 5) is 15.4. The van der Waals surface area contributed by atoms with E-state index in [-0.39, 0.29) is 35.8 Å². The number of rotatable bonds is 13. The quantitative estimate of drug-likeness (QED) is 0.180. The van der Waals surface area contributed by atoms with Gasteiger partial charge in [0.15, 0.2) is 0 Å². The molecule has 1 aliphatic rings. The van der Waals surface area contributed by atoms with Crippen LogP contribution < -0.4 is 15.5 Å². The monoisotopic (exact) mass is 664 g/mol. The molecule has 1 heterocycles. The number of nitrogens with one attached hydrogen (secondary N) is 2. The maximum atomic E-state index is 13.9. The first-order chi connectivity index (χ1) is 22.6. The zero-order chi connectivity index (χ0) is 33.4. The maximum absolute atomic E-state index is 13.9. The average Bonchev–Trinajstić information content (AvgIpc) is 3.06. The van der Waals surface area contributed by atoms with Crippen LogP contribution in [0.1, 0.15) is 40.4 Å². The molecule has 0 aromatic heterocycles. The lowest BCUT2D eigenvalue weighted by Gasteiger charge is -2.35. The van der Waals surface area contributed by atoms with Gasteiger partial charge in [0.2, 0.25) is 10.0 Å². The van der Waals surface area contributed by atoms with Gasteiger partial charge in [-0.15, -0.1) is 0 Å². The number of sulfonamides is 1. The molecule has 47 heavy (non-hydrogen) atoms. The molecule has 4 aromatic rings. The van der Waals surface area contributed by atoms with Crippen LogP contribution in [0.2, 0.25) is 0 Å². The van der Waals surface area contributed by atoms with Crippen molar-refractivity contribution in [3.63, 3.8) is 0 Å². The van der Waals surface area contributed by atoms with Gasteiger partial charge in [-0.05, 0) is 103 Å². The SMILES string of the molecule is CCc1cccc(CNCC[C@H](Cc2cc(F)cc(F)c2)NC(=O)c2ccc(S(=O)(=O)N3CCN(c4ccc(F)cc4)CC3)cc2)c1. The number of amides is 1. The highest BCUT2D eigenvalue weighted by Crippen LogP contribution is 2.22. The van der Waals surface area contributed by atoms with E-state index in [9.17, 15) is 26.4 Å². The molecule has 1 fully saturated rings. The molecule has 4 aromatic carbocycles. The second-order valence-corrected chi connectivity index (χ2v) is 13.6. The summed E-state index contributed by atoms with van der Waals surface area (Å²) in [5, 5.41) is 6.36. The van der Waals surface area contributed by atoms with E-state index in [4.69, 9.17) is 0 Å². The van der Waals surface area contributed by atoms with Gasteiger partial charge in [0.1, 0.15) is 17.5 Å². The molecule has 2 N–H and O–H groups in total. The van der Waals surface area contributed by atoms with Crippen LogP contribution in [0.15, 0.2) is 95.9 Å². The minimum Gasteiger partial charge on any atom is -0.369 e. The van der Waals surface area contributed by atoms with Crippen LogP contribution >= 0.6 is 0 Å². The topological polar surface area (TPSA) is 81.7 Å². The third-order valence-electron chi connectivity index (χ3n) is 8.32. The van der Waals surface area contributed by atoms with Gasteiger partial charge >= 0.3 is 0 Å². The number of carbonyl (C=O) groups is 1.